The maximum atomic E-state index is 13.2. The summed E-state index contributed by atoms with van der Waals surface area (Å²) in [5.41, 5.74) is -0.824. The van der Waals surface area contributed by atoms with Gasteiger partial charge in [-0.15, -0.1) is 5.92 Å². The number of carbonyl (C=O) groups is 2. The predicted molar refractivity (Wildman–Crippen MR) is 94.5 cm³/mol. The largest absolute Gasteiger partial charge is 0.390 e. The fourth-order valence-corrected chi connectivity index (χ4v) is 4.54. The molecule has 2 saturated heterocycles. The first-order valence-corrected chi connectivity index (χ1v) is 9.51. The van der Waals surface area contributed by atoms with Gasteiger partial charge in [0.15, 0.2) is 0 Å². The summed E-state index contributed by atoms with van der Waals surface area (Å²) in [4.78, 5) is 27.8. The molecule has 3 fully saturated rings. The Morgan fingerprint density at radius 1 is 1.24 bits per heavy atom. The van der Waals surface area contributed by atoms with E-state index in [1.165, 1.54) is 6.42 Å². The number of nitrogens with zero attached hydrogens (tertiary/aromatic N) is 1. The lowest BCUT2D eigenvalue weighted by Gasteiger charge is -2.50. The Kier molecular flexibility index (Phi) is 5.65. The van der Waals surface area contributed by atoms with Gasteiger partial charge in [0.1, 0.15) is 11.6 Å². The van der Waals surface area contributed by atoms with Crippen LogP contribution in [0.2, 0.25) is 0 Å². The lowest BCUT2D eigenvalue weighted by molar-refractivity contribution is -0.163. The van der Waals surface area contributed by atoms with Crippen LogP contribution >= 0.6 is 0 Å². The molecule has 0 aromatic heterocycles. The van der Waals surface area contributed by atoms with Gasteiger partial charge in [-0.1, -0.05) is 25.2 Å². The number of hydrogen-bond acceptors (Lipinski definition) is 4. The molecule has 6 heteroatoms. The highest BCUT2D eigenvalue weighted by Crippen LogP contribution is 2.34. The van der Waals surface area contributed by atoms with E-state index in [-0.39, 0.29) is 24.3 Å². The molecule has 0 unspecified atom stereocenters. The highest BCUT2D eigenvalue weighted by molar-refractivity contribution is 6.00. The molecule has 1 aliphatic carbocycles. The second-order valence-electron chi connectivity index (χ2n) is 7.47. The molecule has 1 saturated carbocycles. The van der Waals surface area contributed by atoms with Crippen LogP contribution in [0.3, 0.4) is 0 Å². The fourth-order valence-electron chi connectivity index (χ4n) is 4.54. The Morgan fingerprint density at radius 2 is 1.92 bits per heavy atom. The molecule has 0 bridgehead atoms. The zero-order valence-electron chi connectivity index (χ0n) is 15.0. The first kappa shape index (κ1) is 18.2. The molecule has 0 aromatic carbocycles. The van der Waals surface area contributed by atoms with Crippen molar-refractivity contribution in [1.29, 1.82) is 0 Å². The summed E-state index contributed by atoms with van der Waals surface area (Å²) < 4.78 is 0. The Morgan fingerprint density at radius 3 is 2.56 bits per heavy atom. The van der Waals surface area contributed by atoms with E-state index in [1.807, 2.05) is 0 Å². The third-order valence-electron chi connectivity index (χ3n) is 6.08. The van der Waals surface area contributed by atoms with Crippen molar-refractivity contribution >= 4 is 11.8 Å². The van der Waals surface area contributed by atoms with Gasteiger partial charge in [0.25, 0.3) is 0 Å². The van der Waals surface area contributed by atoms with E-state index in [9.17, 15) is 14.7 Å². The lowest BCUT2D eigenvalue weighted by atomic mass is 9.78. The van der Waals surface area contributed by atoms with Crippen molar-refractivity contribution in [1.82, 2.24) is 15.5 Å². The van der Waals surface area contributed by atoms with Gasteiger partial charge < -0.3 is 20.6 Å². The quantitative estimate of drug-likeness (QED) is 0.646. The normalized spacial score (nSPS) is 28.2. The van der Waals surface area contributed by atoms with Crippen LogP contribution in [0.1, 0.15) is 51.9 Å². The molecule has 2 heterocycles. The van der Waals surface area contributed by atoms with E-state index in [0.29, 0.717) is 25.9 Å². The minimum Gasteiger partial charge on any atom is -0.390 e. The van der Waals surface area contributed by atoms with Crippen molar-refractivity contribution in [2.24, 2.45) is 5.92 Å². The molecule has 25 heavy (non-hydrogen) atoms. The van der Waals surface area contributed by atoms with E-state index < -0.39 is 17.7 Å². The summed E-state index contributed by atoms with van der Waals surface area (Å²) in [5, 5.41) is 16.9. The topological polar surface area (TPSA) is 81.7 Å². The molecule has 2 atom stereocenters. The molecular formula is C19H29N3O3. The average molecular weight is 347 g/mol. The summed E-state index contributed by atoms with van der Waals surface area (Å²) in [6.45, 7) is 3.38. The molecule has 6 nitrogen and oxygen atoms in total. The van der Waals surface area contributed by atoms with Gasteiger partial charge >= 0.3 is 0 Å². The van der Waals surface area contributed by atoms with Crippen molar-refractivity contribution in [3.63, 3.8) is 0 Å². The molecule has 3 aliphatic rings. The van der Waals surface area contributed by atoms with Gasteiger partial charge in [-0.2, -0.15) is 0 Å². The first-order valence-electron chi connectivity index (χ1n) is 9.51. The van der Waals surface area contributed by atoms with E-state index in [2.05, 4.69) is 22.5 Å². The standard InChI is InChI=1S/C19H29N3O3/c1-2-3-13-22-17(24)15(16(23)14-7-5-4-6-8-14)21-18(25)19(22)9-11-20-12-10-19/h14-16,20,23H,4-13H2,1H3,(H,21,25)/t15-,16-/m1/s1. The molecule has 138 valence electrons. The number of nitrogens with one attached hydrogen (secondary N) is 2. The molecule has 1 spiro atoms. The van der Waals surface area contributed by atoms with Crippen LogP contribution < -0.4 is 10.6 Å². The van der Waals surface area contributed by atoms with Crippen molar-refractivity contribution in [2.75, 3.05) is 19.6 Å². The van der Waals surface area contributed by atoms with Crippen LogP contribution in [0.25, 0.3) is 0 Å². The minimum absolute atomic E-state index is 0.0872. The van der Waals surface area contributed by atoms with Gasteiger partial charge in [0.05, 0.1) is 12.6 Å². The van der Waals surface area contributed by atoms with E-state index >= 15 is 0 Å². The fraction of sp³-hybridized carbons (Fsp3) is 0.789. The van der Waals surface area contributed by atoms with Crippen molar-refractivity contribution < 1.29 is 14.7 Å². The van der Waals surface area contributed by atoms with Gasteiger partial charge in [0, 0.05) is 0 Å². The first-order chi connectivity index (χ1) is 12.1. The maximum absolute atomic E-state index is 13.2. The van der Waals surface area contributed by atoms with Gasteiger partial charge in [-0.05, 0) is 51.6 Å². The summed E-state index contributed by atoms with van der Waals surface area (Å²) >= 11 is 0. The van der Waals surface area contributed by atoms with Crippen molar-refractivity contribution in [3.05, 3.63) is 0 Å². The van der Waals surface area contributed by atoms with Gasteiger partial charge in [-0.25, -0.2) is 0 Å². The van der Waals surface area contributed by atoms with E-state index in [4.69, 9.17) is 0 Å². The predicted octanol–water partition coefficient (Wildman–Crippen LogP) is 0.400. The Hall–Kier alpha value is -1.58. The second kappa shape index (κ2) is 7.76. The number of hydrogen-bond donors (Lipinski definition) is 3. The third kappa shape index (κ3) is 3.40. The molecule has 3 N–H and O–H groups in total. The summed E-state index contributed by atoms with van der Waals surface area (Å²) in [7, 11) is 0. The van der Waals surface area contributed by atoms with Crippen LogP contribution in [-0.2, 0) is 9.59 Å². The zero-order valence-corrected chi connectivity index (χ0v) is 15.0. The van der Waals surface area contributed by atoms with Crippen LogP contribution in [0, 0.1) is 17.8 Å². The van der Waals surface area contributed by atoms with E-state index in [0.717, 1.165) is 25.7 Å². The Bertz CT molecular complexity index is 568. The van der Waals surface area contributed by atoms with Crippen molar-refractivity contribution in [2.45, 2.75) is 69.6 Å². The van der Waals surface area contributed by atoms with Crippen LogP contribution in [0.15, 0.2) is 0 Å². The third-order valence-corrected chi connectivity index (χ3v) is 6.08. The highest BCUT2D eigenvalue weighted by Gasteiger charge is 2.54. The highest BCUT2D eigenvalue weighted by atomic mass is 16.3. The summed E-state index contributed by atoms with van der Waals surface area (Å²) in [6.07, 6.45) is 5.55. The number of aliphatic hydroxyl groups is 1. The summed E-state index contributed by atoms with van der Waals surface area (Å²) in [6, 6.07) is -0.838. The SMILES string of the molecule is CC#CCN1C(=O)[C@@H]([C@H](O)C2CCCCC2)NC(=O)C12CCNCC2. The monoisotopic (exact) mass is 347 g/mol. The van der Waals surface area contributed by atoms with Gasteiger partial charge in [0.2, 0.25) is 11.8 Å². The number of piperidine rings is 1. The Labute approximate surface area is 149 Å². The second-order valence-corrected chi connectivity index (χ2v) is 7.47. The lowest BCUT2D eigenvalue weighted by Crippen LogP contribution is -2.74. The zero-order chi connectivity index (χ0) is 17.9. The number of amides is 2. The molecule has 0 radical (unpaired) electrons. The minimum atomic E-state index is -0.838. The van der Waals surface area contributed by atoms with Crippen LogP contribution in [0.4, 0.5) is 0 Å². The number of aliphatic hydroxyl groups excluding tert-OH is 1. The molecule has 0 aromatic rings. The van der Waals surface area contributed by atoms with E-state index in [1.54, 1.807) is 11.8 Å². The number of rotatable bonds is 3. The molecule has 2 aliphatic heterocycles. The molecule has 3 rings (SSSR count). The maximum Gasteiger partial charge on any atom is 0.249 e. The van der Waals surface area contributed by atoms with Gasteiger partial charge in [-0.3, -0.25) is 9.59 Å². The average Bonchev–Trinajstić information content (AvgIpc) is 2.66. The number of piperazine rings is 1. The Balaban J connectivity index is 1.84. The van der Waals surface area contributed by atoms with Crippen LogP contribution in [-0.4, -0.2) is 59.1 Å². The number of carbonyl (C=O) groups excluding carboxylic acids is 2. The van der Waals surface area contributed by atoms with Crippen LogP contribution in [0.5, 0.6) is 0 Å². The smallest absolute Gasteiger partial charge is 0.249 e. The van der Waals surface area contributed by atoms with Crippen molar-refractivity contribution in [3.8, 4) is 11.8 Å². The summed E-state index contributed by atoms with van der Waals surface area (Å²) in [5.74, 6) is 5.55. The molecule has 2 amide bonds. The molecular weight excluding hydrogens is 318 g/mol.